The van der Waals surface area contributed by atoms with Crippen molar-refractivity contribution in [2.24, 2.45) is 0 Å². The van der Waals surface area contributed by atoms with E-state index in [0.29, 0.717) is 23.7 Å². The van der Waals surface area contributed by atoms with Crippen molar-refractivity contribution in [3.05, 3.63) is 84.4 Å². The first kappa shape index (κ1) is 27.1. The Hall–Kier alpha value is -3.93. The number of benzene rings is 3. The summed E-state index contributed by atoms with van der Waals surface area (Å²) in [5, 5.41) is 2.86. The Morgan fingerprint density at radius 2 is 1.71 bits per heavy atom. The number of rotatable bonds is 11. The maximum Gasteiger partial charge on any atom is 0.265 e. The van der Waals surface area contributed by atoms with E-state index in [1.165, 1.54) is 36.3 Å². The molecule has 0 fully saturated rings. The summed E-state index contributed by atoms with van der Waals surface area (Å²) in [5.41, 5.74) is 1.49. The van der Waals surface area contributed by atoms with Crippen LogP contribution in [0.2, 0.25) is 0 Å². The predicted octanol–water partition coefficient (Wildman–Crippen LogP) is 2.10. The van der Waals surface area contributed by atoms with Crippen LogP contribution in [0.4, 0.5) is 5.69 Å². The minimum atomic E-state index is -3.68. The molecule has 200 valence electrons. The molecular weight excluding hydrogens is 510 g/mol. The molecule has 3 aromatic rings. The minimum Gasteiger partial charge on any atom is -0.484 e. The van der Waals surface area contributed by atoms with E-state index >= 15 is 0 Å². The third-order valence-electron chi connectivity index (χ3n) is 5.77. The van der Waals surface area contributed by atoms with Crippen LogP contribution < -0.4 is 24.4 Å². The molecule has 0 spiro atoms. The highest BCUT2D eigenvalue weighted by Crippen LogP contribution is 2.33. The topological polar surface area (TPSA) is 123 Å². The van der Waals surface area contributed by atoms with Crippen LogP contribution in [0.25, 0.3) is 0 Å². The van der Waals surface area contributed by atoms with E-state index in [4.69, 9.17) is 14.2 Å². The summed E-state index contributed by atoms with van der Waals surface area (Å²) >= 11 is 0. The van der Waals surface area contributed by atoms with Gasteiger partial charge in [-0.15, -0.1) is 0 Å². The Morgan fingerprint density at radius 1 is 1.00 bits per heavy atom. The van der Waals surface area contributed by atoms with E-state index in [2.05, 4.69) is 10.0 Å². The van der Waals surface area contributed by atoms with Crippen molar-refractivity contribution in [2.45, 2.75) is 17.5 Å². The number of amides is 2. The fraction of sp³-hybridized carbons (Fsp3) is 0.259. The first-order valence-electron chi connectivity index (χ1n) is 12.0. The van der Waals surface area contributed by atoms with Gasteiger partial charge in [0.05, 0.1) is 23.7 Å². The van der Waals surface area contributed by atoms with E-state index in [9.17, 15) is 18.0 Å². The van der Waals surface area contributed by atoms with E-state index in [1.54, 1.807) is 24.3 Å². The molecule has 11 heteroatoms. The third-order valence-corrected chi connectivity index (χ3v) is 7.25. The molecule has 1 aliphatic rings. The molecule has 0 bridgehead atoms. The molecule has 38 heavy (non-hydrogen) atoms. The molecule has 0 radical (unpaired) electrons. The largest absolute Gasteiger partial charge is 0.484 e. The summed E-state index contributed by atoms with van der Waals surface area (Å²) in [6.45, 7) is 0.446. The number of para-hydroxylation sites is 2. The van der Waals surface area contributed by atoms with Gasteiger partial charge in [-0.1, -0.05) is 42.5 Å². The molecule has 1 heterocycles. The van der Waals surface area contributed by atoms with Gasteiger partial charge in [0.25, 0.3) is 11.8 Å². The van der Waals surface area contributed by atoms with Crippen molar-refractivity contribution in [3.63, 3.8) is 0 Å². The molecule has 0 aliphatic carbocycles. The normalized spacial score (nSPS) is 14.8. The van der Waals surface area contributed by atoms with Crippen LogP contribution in [0.3, 0.4) is 0 Å². The van der Waals surface area contributed by atoms with Gasteiger partial charge in [-0.25, -0.2) is 13.1 Å². The summed E-state index contributed by atoms with van der Waals surface area (Å²) in [6.07, 6.45) is -0.896. The number of carbonyl (C=O) groups excluding carboxylic acids is 2. The summed E-state index contributed by atoms with van der Waals surface area (Å²) in [4.78, 5) is 27.5. The number of nitrogens with one attached hydrogen (secondary N) is 2. The van der Waals surface area contributed by atoms with Gasteiger partial charge in [-0.2, -0.15) is 0 Å². The number of hydrogen-bond acceptors (Lipinski definition) is 7. The second-order valence-electron chi connectivity index (χ2n) is 8.43. The lowest BCUT2D eigenvalue weighted by Gasteiger charge is -2.34. The number of carbonyl (C=O) groups is 2. The monoisotopic (exact) mass is 539 g/mol. The number of ether oxygens (including phenoxy) is 3. The Labute approximate surface area is 221 Å². The molecular formula is C27H29N3O7S. The third kappa shape index (κ3) is 6.88. The number of hydrogen-bond donors (Lipinski definition) is 2. The second kappa shape index (κ2) is 12.5. The van der Waals surface area contributed by atoms with Crippen LogP contribution in [0.15, 0.2) is 83.8 Å². The van der Waals surface area contributed by atoms with E-state index in [1.807, 2.05) is 30.3 Å². The van der Waals surface area contributed by atoms with Gasteiger partial charge < -0.3 is 24.4 Å². The van der Waals surface area contributed by atoms with Gasteiger partial charge in [0.1, 0.15) is 11.5 Å². The van der Waals surface area contributed by atoms with Crippen LogP contribution in [-0.4, -0.2) is 59.7 Å². The van der Waals surface area contributed by atoms with Crippen LogP contribution in [0, 0.1) is 0 Å². The number of methoxy groups -OCH3 is 1. The summed E-state index contributed by atoms with van der Waals surface area (Å²) < 4.78 is 43.4. The smallest absolute Gasteiger partial charge is 0.265 e. The zero-order valence-electron chi connectivity index (χ0n) is 20.8. The standard InChI is InChI=1S/C27H29N3O7S/c1-35-16-15-29-38(33,34)22-13-11-21(12-14-22)36-19-26(31)30-18-25(37-24-10-6-5-9-23(24)30)27(32)28-17-20-7-3-2-4-8-20/h2-14,25,29H,15-19H2,1H3,(H,28,32)/t25-/m0/s1. The van der Waals surface area contributed by atoms with E-state index in [0.717, 1.165) is 5.56 Å². The van der Waals surface area contributed by atoms with Gasteiger partial charge in [-0.3, -0.25) is 9.59 Å². The van der Waals surface area contributed by atoms with Gasteiger partial charge in [0, 0.05) is 20.2 Å². The molecule has 4 rings (SSSR count). The Balaban J connectivity index is 1.38. The first-order chi connectivity index (χ1) is 18.4. The Kier molecular flexibility index (Phi) is 8.95. The molecule has 2 amide bonds. The van der Waals surface area contributed by atoms with Crippen molar-refractivity contribution in [3.8, 4) is 11.5 Å². The molecule has 1 aliphatic heterocycles. The maximum absolute atomic E-state index is 13.2. The van der Waals surface area contributed by atoms with Crippen LogP contribution in [0.5, 0.6) is 11.5 Å². The number of sulfonamides is 1. The van der Waals surface area contributed by atoms with Crippen molar-refractivity contribution < 1.29 is 32.2 Å². The highest BCUT2D eigenvalue weighted by Gasteiger charge is 2.33. The fourth-order valence-corrected chi connectivity index (χ4v) is 4.82. The first-order valence-corrected chi connectivity index (χ1v) is 13.4. The van der Waals surface area contributed by atoms with Gasteiger partial charge >= 0.3 is 0 Å². The van der Waals surface area contributed by atoms with Crippen molar-refractivity contribution in [1.82, 2.24) is 10.0 Å². The molecule has 10 nitrogen and oxygen atoms in total. The molecule has 0 saturated heterocycles. The average Bonchev–Trinajstić information content (AvgIpc) is 2.95. The number of fused-ring (bicyclic) bond motifs is 1. The molecule has 1 atom stereocenters. The Morgan fingerprint density at radius 3 is 2.45 bits per heavy atom. The average molecular weight is 540 g/mol. The summed E-state index contributed by atoms with van der Waals surface area (Å²) in [7, 11) is -2.20. The highest BCUT2D eigenvalue weighted by molar-refractivity contribution is 7.89. The van der Waals surface area contributed by atoms with Crippen LogP contribution >= 0.6 is 0 Å². The zero-order chi connectivity index (χ0) is 27.0. The number of nitrogens with zero attached hydrogens (tertiary/aromatic N) is 1. The predicted molar refractivity (Wildman–Crippen MR) is 141 cm³/mol. The van der Waals surface area contributed by atoms with Crippen LogP contribution in [0.1, 0.15) is 5.56 Å². The molecule has 3 aromatic carbocycles. The highest BCUT2D eigenvalue weighted by atomic mass is 32.2. The lowest BCUT2D eigenvalue weighted by atomic mass is 10.1. The second-order valence-corrected chi connectivity index (χ2v) is 10.2. The van der Waals surface area contributed by atoms with Crippen molar-refractivity contribution in [2.75, 3.05) is 38.3 Å². The lowest BCUT2D eigenvalue weighted by Crippen LogP contribution is -2.51. The fourth-order valence-electron chi connectivity index (χ4n) is 3.81. The number of anilines is 1. The maximum atomic E-state index is 13.2. The molecule has 0 saturated carbocycles. The molecule has 2 N–H and O–H groups in total. The quantitative estimate of drug-likeness (QED) is 0.358. The SMILES string of the molecule is COCCNS(=O)(=O)c1ccc(OCC(=O)N2C[C@@H](C(=O)NCc3ccccc3)Oc3ccccc32)cc1. The zero-order valence-corrected chi connectivity index (χ0v) is 21.6. The van der Waals surface area contributed by atoms with E-state index in [-0.39, 0.29) is 43.0 Å². The molecule has 0 unspecified atom stereocenters. The Bertz CT molecular complexity index is 1350. The summed E-state index contributed by atoms with van der Waals surface area (Å²) in [5.74, 6) is 0.0351. The van der Waals surface area contributed by atoms with Crippen molar-refractivity contribution in [1.29, 1.82) is 0 Å². The van der Waals surface area contributed by atoms with Gasteiger partial charge in [0.2, 0.25) is 10.0 Å². The van der Waals surface area contributed by atoms with E-state index < -0.39 is 16.1 Å². The minimum absolute atomic E-state index is 0.0180. The van der Waals surface area contributed by atoms with Gasteiger partial charge in [0.15, 0.2) is 12.7 Å². The summed E-state index contributed by atoms with van der Waals surface area (Å²) in [6, 6.07) is 22.2. The molecule has 0 aromatic heterocycles. The lowest BCUT2D eigenvalue weighted by molar-refractivity contribution is -0.128. The van der Waals surface area contributed by atoms with Crippen LogP contribution in [-0.2, 0) is 30.9 Å². The van der Waals surface area contributed by atoms with Crippen molar-refractivity contribution >= 4 is 27.5 Å². The van der Waals surface area contributed by atoms with Gasteiger partial charge in [-0.05, 0) is 42.0 Å².